The Kier molecular flexibility index (Phi) is 9.98. The van der Waals surface area contributed by atoms with Gasteiger partial charge in [0.05, 0.1) is 39.5 Å². The fourth-order valence-electron chi connectivity index (χ4n) is 4.93. The molecule has 0 spiro atoms. The number of benzene rings is 1. The summed E-state index contributed by atoms with van der Waals surface area (Å²) in [5.74, 6) is -0.546. The van der Waals surface area contributed by atoms with Crippen LogP contribution >= 0.6 is 0 Å². The van der Waals surface area contributed by atoms with E-state index in [1.165, 1.54) is 27.2 Å². The second-order valence-electron chi connectivity index (χ2n) is 9.90. The number of carboxylic acids is 1. The van der Waals surface area contributed by atoms with Gasteiger partial charge < -0.3 is 35.3 Å². The zero-order valence-corrected chi connectivity index (χ0v) is 23.7. The lowest BCUT2D eigenvalue weighted by Crippen LogP contribution is -2.44. The topological polar surface area (TPSA) is 152 Å². The number of carbonyl (C=O) groups is 3. The molecule has 1 aliphatic rings. The van der Waals surface area contributed by atoms with E-state index in [1.54, 1.807) is 19.2 Å². The molecule has 2 aromatic carbocycles. The van der Waals surface area contributed by atoms with Crippen molar-refractivity contribution in [3.8, 4) is 28.4 Å². The van der Waals surface area contributed by atoms with Crippen LogP contribution in [-0.4, -0.2) is 56.8 Å². The summed E-state index contributed by atoms with van der Waals surface area (Å²) in [5.41, 5.74) is 2.70. The van der Waals surface area contributed by atoms with E-state index in [9.17, 15) is 19.2 Å². The summed E-state index contributed by atoms with van der Waals surface area (Å²) < 4.78 is 17.0. The van der Waals surface area contributed by atoms with E-state index in [4.69, 9.17) is 19.3 Å². The third-order valence-corrected chi connectivity index (χ3v) is 6.81. The monoisotopic (exact) mass is 555 g/mol. The van der Waals surface area contributed by atoms with E-state index in [1.807, 2.05) is 19.9 Å². The van der Waals surface area contributed by atoms with E-state index in [0.29, 0.717) is 41.2 Å². The van der Waals surface area contributed by atoms with Crippen LogP contribution in [-0.2, 0) is 20.8 Å². The maximum Gasteiger partial charge on any atom is 0.305 e. The Morgan fingerprint density at radius 3 is 2.33 bits per heavy atom. The van der Waals surface area contributed by atoms with Gasteiger partial charge in [0.1, 0.15) is 6.04 Å². The van der Waals surface area contributed by atoms with Crippen LogP contribution in [0.2, 0.25) is 0 Å². The Labute approximate surface area is 233 Å². The van der Waals surface area contributed by atoms with Crippen molar-refractivity contribution in [2.75, 3.05) is 33.2 Å². The van der Waals surface area contributed by atoms with Gasteiger partial charge in [-0.25, -0.2) is 0 Å². The molecule has 0 aliphatic heterocycles. The first-order valence-electron chi connectivity index (χ1n) is 13.1. The first-order valence-corrected chi connectivity index (χ1v) is 13.1. The van der Waals surface area contributed by atoms with E-state index in [2.05, 4.69) is 16.0 Å². The molecule has 2 atom stereocenters. The summed E-state index contributed by atoms with van der Waals surface area (Å²) in [6, 6.07) is 5.47. The average molecular weight is 556 g/mol. The van der Waals surface area contributed by atoms with Gasteiger partial charge in [0.2, 0.25) is 23.0 Å². The molecule has 0 unspecified atom stereocenters. The van der Waals surface area contributed by atoms with E-state index in [-0.39, 0.29) is 35.9 Å². The van der Waals surface area contributed by atoms with Crippen LogP contribution in [0.25, 0.3) is 11.1 Å². The fraction of sp³-hybridized carbons (Fsp3) is 0.448. The van der Waals surface area contributed by atoms with Crippen LogP contribution in [0.1, 0.15) is 50.8 Å². The second kappa shape index (κ2) is 13.2. The molecule has 11 nitrogen and oxygen atoms in total. The zero-order chi connectivity index (χ0) is 29.6. The van der Waals surface area contributed by atoms with Crippen LogP contribution in [0.3, 0.4) is 0 Å². The molecule has 1 aliphatic carbocycles. The average Bonchev–Trinajstić information content (AvgIpc) is 3.14. The Balaban J connectivity index is 2.19. The highest BCUT2D eigenvalue weighted by atomic mass is 16.5. The van der Waals surface area contributed by atoms with Crippen molar-refractivity contribution in [1.29, 1.82) is 0 Å². The van der Waals surface area contributed by atoms with Gasteiger partial charge >= 0.3 is 5.97 Å². The van der Waals surface area contributed by atoms with Crippen LogP contribution < -0.4 is 35.6 Å². The minimum Gasteiger partial charge on any atom is -0.493 e. The van der Waals surface area contributed by atoms with Crippen molar-refractivity contribution in [2.24, 2.45) is 5.92 Å². The summed E-state index contributed by atoms with van der Waals surface area (Å²) in [6.07, 6.45) is 0.877. The number of hydrogen-bond donors (Lipinski definition) is 4. The lowest BCUT2D eigenvalue weighted by atomic mass is 9.95. The molecule has 40 heavy (non-hydrogen) atoms. The Hall–Kier alpha value is -4.28. The number of amides is 2. The van der Waals surface area contributed by atoms with Crippen molar-refractivity contribution in [3.63, 3.8) is 0 Å². The van der Waals surface area contributed by atoms with Crippen molar-refractivity contribution < 1.29 is 33.7 Å². The number of carbonyl (C=O) groups excluding carboxylic acids is 2. The van der Waals surface area contributed by atoms with Crippen LogP contribution in [0.15, 0.2) is 29.1 Å². The summed E-state index contributed by atoms with van der Waals surface area (Å²) in [6.45, 7) is 5.05. The molecule has 0 bridgehead atoms. The first-order chi connectivity index (χ1) is 19.0. The number of methoxy groups -OCH3 is 3. The fourth-order valence-corrected chi connectivity index (χ4v) is 4.93. The summed E-state index contributed by atoms with van der Waals surface area (Å²) in [5, 5.41) is 17.5. The third kappa shape index (κ3) is 6.64. The molecule has 11 heteroatoms. The predicted octanol–water partition coefficient (Wildman–Crippen LogP) is 2.89. The predicted molar refractivity (Wildman–Crippen MR) is 150 cm³/mol. The van der Waals surface area contributed by atoms with Gasteiger partial charge in [-0.1, -0.05) is 19.9 Å². The lowest BCUT2D eigenvalue weighted by molar-refractivity contribution is -0.137. The van der Waals surface area contributed by atoms with Crippen molar-refractivity contribution in [2.45, 2.75) is 52.1 Å². The number of ether oxygens (including phenoxy) is 3. The standard InChI is InChI=1S/C29H37N3O8/c1-15(2)26(29(37)30-12-11-24(35)36)32-21-10-8-18-19(14-22(21)34)20(31-16(3)33)9-7-17-13-23(38-4)27(39-5)28(40-6)25(17)18/h8,10,13-15,20,26H,7,9,11-12H2,1-6H3,(H,30,37)(H,31,33)(H,32,34)(H,35,36)/t20-,26-/m1/s1. The number of carboxylic acid groups (broad SMARTS) is 1. The zero-order valence-electron chi connectivity index (χ0n) is 23.7. The van der Waals surface area contributed by atoms with Gasteiger partial charge in [-0.15, -0.1) is 0 Å². The van der Waals surface area contributed by atoms with Gasteiger partial charge in [-0.2, -0.15) is 0 Å². The maximum atomic E-state index is 13.5. The molecule has 4 N–H and O–H groups in total. The summed E-state index contributed by atoms with van der Waals surface area (Å²) >= 11 is 0. The Morgan fingerprint density at radius 1 is 1.05 bits per heavy atom. The lowest BCUT2D eigenvalue weighted by Gasteiger charge is -2.22. The number of aryl methyl sites for hydroxylation is 1. The third-order valence-electron chi connectivity index (χ3n) is 6.81. The van der Waals surface area contributed by atoms with Crippen molar-refractivity contribution in [3.05, 3.63) is 45.6 Å². The molecule has 2 amide bonds. The molecule has 0 heterocycles. The molecule has 2 aromatic rings. The normalized spacial score (nSPS) is 14.6. The number of hydrogen-bond acceptors (Lipinski definition) is 8. The highest BCUT2D eigenvalue weighted by molar-refractivity contribution is 5.86. The van der Waals surface area contributed by atoms with Gasteiger partial charge in [0, 0.05) is 19.0 Å². The van der Waals surface area contributed by atoms with Gasteiger partial charge in [-0.3, -0.25) is 19.2 Å². The Bertz CT molecular complexity index is 1340. The largest absolute Gasteiger partial charge is 0.493 e. The quantitative estimate of drug-likeness (QED) is 0.328. The second-order valence-corrected chi connectivity index (χ2v) is 9.90. The molecule has 216 valence electrons. The van der Waals surface area contributed by atoms with Crippen molar-refractivity contribution in [1.82, 2.24) is 10.6 Å². The highest BCUT2D eigenvalue weighted by Crippen LogP contribution is 2.50. The minimum absolute atomic E-state index is 0.0273. The number of fused-ring (bicyclic) bond motifs is 3. The van der Waals surface area contributed by atoms with Crippen LogP contribution in [0, 0.1) is 5.92 Å². The van der Waals surface area contributed by atoms with E-state index >= 15 is 0 Å². The number of nitrogens with one attached hydrogen (secondary N) is 3. The molecule has 0 aromatic heterocycles. The molecule has 0 saturated carbocycles. The molecule has 0 fully saturated rings. The summed E-state index contributed by atoms with van der Waals surface area (Å²) in [4.78, 5) is 49.4. The maximum absolute atomic E-state index is 13.5. The minimum atomic E-state index is -1.02. The van der Waals surface area contributed by atoms with Crippen molar-refractivity contribution >= 4 is 23.5 Å². The van der Waals surface area contributed by atoms with Crippen LogP contribution in [0.5, 0.6) is 17.2 Å². The Morgan fingerprint density at radius 2 is 1.75 bits per heavy atom. The molecule has 0 saturated heterocycles. The highest BCUT2D eigenvalue weighted by Gasteiger charge is 2.30. The van der Waals surface area contributed by atoms with E-state index < -0.39 is 24.0 Å². The summed E-state index contributed by atoms with van der Waals surface area (Å²) in [7, 11) is 4.58. The van der Waals surface area contributed by atoms with E-state index in [0.717, 1.165) is 11.1 Å². The first kappa shape index (κ1) is 30.3. The molecule has 3 rings (SSSR count). The molecule has 0 radical (unpaired) electrons. The molecular formula is C29H37N3O8. The van der Waals surface area contributed by atoms with Crippen LogP contribution in [0.4, 0.5) is 5.69 Å². The number of anilines is 1. The van der Waals surface area contributed by atoms with Gasteiger partial charge in [-0.05, 0) is 53.6 Å². The number of aliphatic carboxylic acids is 1. The van der Waals surface area contributed by atoms with Gasteiger partial charge in [0.25, 0.3) is 0 Å². The number of rotatable bonds is 11. The SMILES string of the molecule is COc1cc2c(c(OC)c1OC)-c1ccc(N[C@@H](C(=O)NCCC(=O)O)C(C)C)c(=O)cc1[C@H](NC(C)=O)CC2. The molecular weight excluding hydrogens is 518 g/mol. The smallest absolute Gasteiger partial charge is 0.305 e. The van der Waals surface area contributed by atoms with Gasteiger partial charge in [0.15, 0.2) is 11.5 Å².